The van der Waals surface area contributed by atoms with E-state index in [1.165, 1.54) is 6.92 Å². The highest BCUT2D eigenvalue weighted by Crippen LogP contribution is 2.07. The minimum Gasteiger partial charge on any atom is -0.480 e. The van der Waals surface area contributed by atoms with E-state index in [4.69, 9.17) is 22.4 Å². The fourth-order valence-corrected chi connectivity index (χ4v) is 0.852. The van der Waals surface area contributed by atoms with Crippen LogP contribution in [0.4, 0.5) is 11.9 Å². The van der Waals surface area contributed by atoms with Crippen LogP contribution >= 0.6 is 11.6 Å². The molecule has 1 aromatic rings. The number of nitrogens with two attached hydrogens (primary N) is 1. The number of hydrogen-bond donors (Lipinski definition) is 3. The average molecular weight is 218 g/mol. The van der Waals surface area contributed by atoms with Crippen molar-refractivity contribution in [2.75, 3.05) is 11.1 Å². The highest BCUT2D eigenvalue weighted by Gasteiger charge is 2.12. The summed E-state index contributed by atoms with van der Waals surface area (Å²) in [6.07, 6.45) is 0. The fraction of sp³-hybridized carbons (Fsp3) is 0.333. The third-order valence-electron chi connectivity index (χ3n) is 1.34. The van der Waals surface area contributed by atoms with E-state index in [1.54, 1.807) is 0 Å². The maximum atomic E-state index is 10.5. The summed E-state index contributed by atoms with van der Waals surface area (Å²) in [6.45, 7) is 1.44. The minimum absolute atomic E-state index is 0.0393. The molecule has 0 saturated heterocycles. The van der Waals surface area contributed by atoms with Crippen molar-refractivity contribution < 1.29 is 9.90 Å². The van der Waals surface area contributed by atoms with Gasteiger partial charge in [-0.15, -0.1) is 0 Å². The summed E-state index contributed by atoms with van der Waals surface area (Å²) < 4.78 is 0. The number of halogens is 1. The molecule has 1 atom stereocenters. The monoisotopic (exact) mass is 217 g/mol. The molecule has 76 valence electrons. The number of nitrogen functional groups attached to an aromatic ring is 1. The highest BCUT2D eigenvalue weighted by molar-refractivity contribution is 6.28. The van der Waals surface area contributed by atoms with Crippen LogP contribution in [0.2, 0.25) is 5.28 Å². The first-order valence-corrected chi connectivity index (χ1v) is 4.03. The van der Waals surface area contributed by atoms with Gasteiger partial charge >= 0.3 is 5.97 Å². The summed E-state index contributed by atoms with van der Waals surface area (Å²) in [7, 11) is 0. The zero-order valence-electron chi connectivity index (χ0n) is 7.23. The first-order chi connectivity index (χ1) is 6.49. The van der Waals surface area contributed by atoms with Crippen LogP contribution in [0.15, 0.2) is 0 Å². The second kappa shape index (κ2) is 4.05. The summed E-state index contributed by atoms with van der Waals surface area (Å²) in [5.74, 6) is -1.05. The van der Waals surface area contributed by atoms with Crippen LogP contribution in [-0.2, 0) is 4.79 Å². The standard InChI is InChI=1S/C6H8ClN5O2/c1-2(3(13)14)9-6-11-4(7)10-5(8)12-6/h2H,1H3,(H,13,14)(H3,8,9,10,11,12). The smallest absolute Gasteiger partial charge is 0.325 e. The Balaban J connectivity index is 2.81. The van der Waals surface area contributed by atoms with Crippen molar-refractivity contribution in [1.29, 1.82) is 0 Å². The fourth-order valence-electron chi connectivity index (χ4n) is 0.685. The summed E-state index contributed by atoms with van der Waals surface area (Å²) in [5.41, 5.74) is 5.28. The Morgan fingerprint density at radius 2 is 2.21 bits per heavy atom. The van der Waals surface area contributed by atoms with Crippen molar-refractivity contribution in [2.24, 2.45) is 0 Å². The molecule has 0 aliphatic rings. The summed E-state index contributed by atoms with van der Waals surface area (Å²) in [5, 5.41) is 11.0. The Morgan fingerprint density at radius 3 is 2.71 bits per heavy atom. The second-order valence-electron chi connectivity index (χ2n) is 2.49. The van der Waals surface area contributed by atoms with Crippen molar-refractivity contribution in [3.63, 3.8) is 0 Å². The topological polar surface area (TPSA) is 114 Å². The molecule has 0 bridgehead atoms. The third-order valence-corrected chi connectivity index (χ3v) is 1.51. The molecule has 0 radical (unpaired) electrons. The molecule has 0 spiro atoms. The van der Waals surface area contributed by atoms with Gasteiger partial charge in [-0.1, -0.05) is 0 Å². The van der Waals surface area contributed by atoms with E-state index >= 15 is 0 Å². The van der Waals surface area contributed by atoms with E-state index in [9.17, 15) is 4.79 Å². The molecule has 14 heavy (non-hydrogen) atoms. The molecule has 4 N–H and O–H groups in total. The van der Waals surface area contributed by atoms with Crippen molar-refractivity contribution in [3.8, 4) is 0 Å². The van der Waals surface area contributed by atoms with Crippen LogP contribution in [0.25, 0.3) is 0 Å². The number of anilines is 2. The lowest BCUT2D eigenvalue weighted by molar-refractivity contribution is -0.137. The second-order valence-corrected chi connectivity index (χ2v) is 2.83. The average Bonchev–Trinajstić information content (AvgIpc) is 2.01. The van der Waals surface area contributed by atoms with Gasteiger partial charge in [0, 0.05) is 0 Å². The van der Waals surface area contributed by atoms with Crippen molar-refractivity contribution in [1.82, 2.24) is 15.0 Å². The van der Waals surface area contributed by atoms with Gasteiger partial charge in [-0.25, -0.2) is 0 Å². The molecular weight excluding hydrogens is 210 g/mol. The van der Waals surface area contributed by atoms with E-state index in [1.807, 2.05) is 0 Å². The predicted molar refractivity (Wildman–Crippen MR) is 50.0 cm³/mol. The van der Waals surface area contributed by atoms with Crippen molar-refractivity contribution >= 4 is 29.5 Å². The molecule has 0 saturated carbocycles. The molecule has 0 fully saturated rings. The number of aromatic nitrogens is 3. The van der Waals surface area contributed by atoms with Crippen LogP contribution < -0.4 is 11.1 Å². The van der Waals surface area contributed by atoms with Gasteiger partial charge in [0.2, 0.25) is 17.2 Å². The molecule has 0 aliphatic heterocycles. The van der Waals surface area contributed by atoms with E-state index < -0.39 is 12.0 Å². The molecule has 1 heterocycles. The normalized spacial score (nSPS) is 12.1. The highest BCUT2D eigenvalue weighted by atomic mass is 35.5. The van der Waals surface area contributed by atoms with Crippen LogP contribution in [0.5, 0.6) is 0 Å². The van der Waals surface area contributed by atoms with Gasteiger partial charge in [-0.05, 0) is 18.5 Å². The van der Waals surface area contributed by atoms with E-state index in [2.05, 4.69) is 20.3 Å². The van der Waals surface area contributed by atoms with Gasteiger partial charge in [0.1, 0.15) is 6.04 Å². The molecule has 8 heteroatoms. The van der Waals surface area contributed by atoms with Gasteiger partial charge in [-0.3, -0.25) is 4.79 Å². The van der Waals surface area contributed by atoms with Gasteiger partial charge in [0.25, 0.3) is 0 Å². The van der Waals surface area contributed by atoms with Crippen LogP contribution in [0.3, 0.4) is 0 Å². The quantitative estimate of drug-likeness (QED) is 0.652. The Kier molecular flexibility index (Phi) is 3.03. The number of aliphatic carboxylic acids is 1. The Hall–Kier alpha value is -1.63. The largest absolute Gasteiger partial charge is 0.480 e. The lowest BCUT2D eigenvalue weighted by Gasteiger charge is -2.08. The lowest BCUT2D eigenvalue weighted by Crippen LogP contribution is -2.26. The summed E-state index contributed by atoms with van der Waals surface area (Å²) in [4.78, 5) is 21.3. The van der Waals surface area contributed by atoms with E-state index in [0.717, 1.165) is 0 Å². The number of rotatable bonds is 3. The molecule has 7 nitrogen and oxygen atoms in total. The molecule has 0 amide bonds. The van der Waals surface area contributed by atoms with E-state index in [-0.39, 0.29) is 17.2 Å². The maximum absolute atomic E-state index is 10.5. The Labute approximate surface area is 84.3 Å². The zero-order chi connectivity index (χ0) is 10.7. The zero-order valence-corrected chi connectivity index (χ0v) is 7.99. The lowest BCUT2D eigenvalue weighted by atomic mass is 10.3. The van der Waals surface area contributed by atoms with Crippen LogP contribution in [0.1, 0.15) is 6.92 Å². The molecule has 0 aromatic carbocycles. The van der Waals surface area contributed by atoms with Crippen molar-refractivity contribution in [3.05, 3.63) is 5.28 Å². The van der Waals surface area contributed by atoms with Gasteiger partial charge in [0.05, 0.1) is 0 Å². The van der Waals surface area contributed by atoms with E-state index in [0.29, 0.717) is 0 Å². The molecular formula is C6H8ClN5O2. The third kappa shape index (κ3) is 2.70. The molecule has 1 unspecified atom stereocenters. The number of hydrogen-bond acceptors (Lipinski definition) is 6. The number of carboxylic acid groups (broad SMARTS) is 1. The predicted octanol–water partition coefficient (Wildman–Crippen LogP) is -0.00780. The number of carboxylic acids is 1. The number of carbonyl (C=O) groups is 1. The van der Waals surface area contributed by atoms with Crippen LogP contribution in [0, 0.1) is 0 Å². The van der Waals surface area contributed by atoms with Gasteiger partial charge < -0.3 is 16.2 Å². The molecule has 1 aromatic heterocycles. The van der Waals surface area contributed by atoms with Gasteiger partial charge in [0.15, 0.2) is 0 Å². The molecule has 1 rings (SSSR count). The summed E-state index contributed by atoms with van der Waals surface area (Å²) in [6, 6.07) is -0.826. The number of nitrogens with one attached hydrogen (secondary N) is 1. The van der Waals surface area contributed by atoms with Gasteiger partial charge in [-0.2, -0.15) is 15.0 Å². The van der Waals surface area contributed by atoms with Crippen LogP contribution in [-0.4, -0.2) is 32.1 Å². The Morgan fingerprint density at radius 1 is 1.57 bits per heavy atom. The minimum atomic E-state index is -1.03. The Bertz CT molecular complexity index is 338. The first-order valence-electron chi connectivity index (χ1n) is 3.65. The SMILES string of the molecule is CC(Nc1nc(N)nc(Cl)n1)C(=O)O. The van der Waals surface area contributed by atoms with Crippen molar-refractivity contribution in [2.45, 2.75) is 13.0 Å². The number of nitrogens with zero attached hydrogens (tertiary/aromatic N) is 3. The summed E-state index contributed by atoms with van der Waals surface area (Å²) >= 11 is 5.48. The maximum Gasteiger partial charge on any atom is 0.325 e. The first kappa shape index (κ1) is 10.5. The molecule has 0 aliphatic carbocycles.